The highest BCUT2D eigenvalue weighted by atomic mass is 16.5. The average molecular weight is 838 g/mol. The first-order chi connectivity index (χ1) is 29.3. The van der Waals surface area contributed by atoms with Gasteiger partial charge in [0, 0.05) is 98.2 Å². The summed E-state index contributed by atoms with van der Waals surface area (Å²) in [5.74, 6) is 1.12. The second kappa shape index (κ2) is 18.6. The summed E-state index contributed by atoms with van der Waals surface area (Å²) < 4.78 is 29.2. The molecular weight excluding hydrogens is 779 g/mol. The fourth-order valence-corrected chi connectivity index (χ4v) is 9.60. The van der Waals surface area contributed by atoms with E-state index in [9.17, 15) is 19.6 Å². The molecule has 3 amide bonds. The van der Waals surface area contributed by atoms with Crippen molar-refractivity contribution in [2.75, 3.05) is 89.8 Å². The molecule has 61 heavy (non-hydrogen) atoms. The molecule has 0 radical (unpaired) electrons. The molecule has 2 atom stereocenters. The lowest BCUT2D eigenvalue weighted by molar-refractivity contribution is -0.164. The van der Waals surface area contributed by atoms with Gasteiger partial charge in [-0.15, -0.1) is 0 Å². The standard InChI is InChI=1S/C46H59N7O8/c1-45(2)43(46(3,4)44(45)61-35-14-9-31(25-47)38(24-35)57-5)50-41(55)30-7-11-33(12-8-30)53-21-22-60-36(27-53)26-51-17-19-52(20-18-51)34-13-15-37(39(23-34)58-6)42(56)49-32-10-16-40(54)48-29-59-28-32/h7-9,11-15,23-24,32,36,43-44H,10,16-22,26-29H2,1-6H3,(H,48,54)(H,49,56)(H,50,55)/t32?,36-,43?,44?/m0/s1. The van der Waals surface area contributed by atoms with Crippen LogP contribution >= 0.6 is 0 Å². The number of carbonyl (C=O) groups excluding carboxylic acids is 3. The zero-order chi connectivity index (χ0) is 43.3. The Morgan fingerprint density at radius 1 is 0.869 bits per heavy atom. The number of morpholine rings is 1. The van der Waals surface area contributed by atoms with Crippen LogP contribution in [0.4, 0.5) is 11.4 Å². The molecule has 3 heterocycles. The fraction of sp³-hybridized carbons (Fsp3) is 0.522. The van der Waals surface area contributed by atoms with Crippen molar-refractivity contribution in [3.63, 3.8) is 0 Å². The number of methoxy groups -OCH3 is 2. The predicted octanol–water partition coefficient (Wildman–Crippen LogP) is 4.20. The summed E-state index contributed by atoms with van der Waals surface area (Å²) in [7, 11) is 3.10. The third kappa shape index (κ3) is 9.67. The molecule has 15 heteroatoms. The molecule has 1 aliphatic carbocycles. The summed E-state index contributed by atoms with van der Waals surface area (Å²) in [6.45, 7) is 15.2. The molecule has 7 rings (SSSR count). The number of hydrogen-bond acceptors (Lipinski definition) is 12. The van der Waals surface area contributed by atoms with Crippen molar-refractivity contribution >= 4 is 29.1 Å². The number of nitrogens with zero attached hydrogens (tertiary/aromatic N) is 4. The highest BCUT2D eigenvalue weighted by Crippen LogP contribution is 2.55. The smallest absolute Gasteiger partial charge is 0.255 e. The van der Waals surface area contributed by atoms with Crippen LogP contribution in [0.3, 0.4) is 0 Å². The minimum absolute atomic E-state index is 0.0439. The molecule has 3 saturated heterocycles. The number of rotatable bonds is 12. The van der Waals surface area contributed by atoms with Crippen molar-refractivity contribution in [3.05, 3.63) is 77.4 Å². The van der Waals surface area contributed by atoms with Gasteiger partial charge in [0.15, 0.2) is 0 Å². The van der Waals surface area contributed by atoms with E-state index in [0.717, 1.165) is 57.2 Å². The zero-order valence-corrected chi connectivity index (χ0v) is 36.1. The summed E-state index contributed by atoms with van der Waals surface area (Å²) in [4.78, 5) is 45.7. The van der Waals surface area contributed by atoms with Crippen LogP contribution in [-0.2, 0) is 14.3 Å². The Kier molecular flexibility index (Phi) is 13.3. The van der Waals surface area contributed by atoms with E-state index in [2.05, 4.69) is 64.4 Å². The summed E-state index contributed by atoms with van der Waals surface area (Å²) in [5.41, 5.74) is 2.83. The van der Waals surface area contributed by atoms with Crippen molar-refractivity contribution in [2.24, 2.45) is 10.8 Å². The third-order valence-electron chi connectivity index (χ3n) is 12.7. The molecule has 326 valence electrons. The summed E-state index contributed by atoms with van der Waals surface area (Å²) >= 11 is 0. The maximum atomic E-state index is 13.6. The first-order valence-electron chi connectivity index (χ1n) is 21.1. The van der Waals surface area contributed by atoms with E-state index in [1.54, 1.807) is 31.4 Å². The monoisotopic (exact) mass is 837 g/mol. The number of carbonyl (C=O) groups is 3. The van der Waals surface area contributed by atoms with Gasteiger partial charge in [-0.2, -0.15) is 5.26 Å². The second-order valence-electron chi connectivity index (χ2n) is 17.5. The van der Waals surface area contributed by atoms with E-state index in [1.807, 2.05) is 36.4 Å². The van der Waals surface area contributed by atoms with Gasteiger partial charge in [0.05, 0.1) is 50.7 Å². The lowest BCUT2D eigenvalue weighted by atomic mass is 9.49. The SMILES string of the molecule is COc1cc(OC2C(C)(C)C(NC(=O)c3ccc(N4CCO[C@@H](CN5CCN(c6ccc(C(=O)NC7CCC(=O)NCOC7)c(OC)c6)CC5)C4)cc3)C2(C)C)ccc1C#N. The first kappa shape index (κ1) is 43.5. The van der Waals surface area contributed by atoms with Crippen molar-refractivity contribution in [2.45, 2.75) is 64.8 Å². The number of hydrogen-bond donors (Lipinski definition) is 3. The third-order valence-corrected chi connectivity index (χ3v) is 12.7. The van der Waals surface area contributed by atoms with Gasteiger partial charge in [-0.05, 0) is 55.0 Å². The molecular formula is C46H59N7O8. The molecule has 1 unspecified atom stereocenters. The largest absolute Gasteiger partial charge is 0.496 e. The number of amides is 3. The number of benzene rings is 3. The van der Waals surface area contributed by atoms with Crippen molar-refractivity contribution in [1.29, 1.82) is 5.26 Å². The van der Waals surface area contributed by atoms with Gasteiger partial charge in [-0.3, -0.25) is 19.3 Å². The normalized spacial score (nSPS) is 23.9. The molecule has 3 aliphatic heterocycles. The minimum atomic E-state index is -0.359. The Hall–Kier alpha value is -5.56. The van der Waals surface area contributed by atoms with E-state index in [1.165, 1.54) is 7.11 Å². The Labute approximate surface area is 358 Å². The van der Waals surface area contributed by atoms with Gasteiger partial charge < -0.3 is 49.4 Å². The molecule has 4 fully saturated rings. The van der Waals surface area contributed by atoms with Crippen LogP contribution in [0.2, 0.25) is 0 Å². The van der Waals surface area contributed by atoms with E-state index in [4.69, 9.17) is 23.7 Å². The topological polar surface area (TPSA) is 167 Å². The molecule has 1 saturated carbocycles. The van der Waals surface area contributed by atoms with Gasteiger partial charge in [-0.25, -0.2) is 0 Å². The molecule has 0 aromatic heterocycles. The zero-order valence-electron chi connectivity index (χ0n) is 36.1. The van der Waals surface area contributed by atoms with Crippen LogP contribution < -0.4 is 40.0 Å². The van der Waals surface area contributed by atoms with Crippen molar-refractivity contribution in [1.82, 2.24) is 20.9 Å². The van der Waals surface area contributed by atoms with Crippen LogP contribution in [-0.4, -0.2) is 127 Å². The highest BCUT2D eigenvalue weighted by molar-refractivity contribution is 5.98. The predicted molar refractivity (Wildman–Crippen MR) is 230 cm³/mol. The van der Waals surface area contributed by atoms with Crippen LogP contribution in [0, 0.1) is 22.2 Å². The maximum absolute atomic E-state index is 13.6. The fourth-order valence-electron chi connectivity index (χ4n) is 9.60. The number of nitrogens with one attached hydrogen (secondary N) is 3. The molecule has 3 aromatic rings. The summed E-state index contributed by atoms with van der Waals surface area (Å²) in [6, 6.07) is 20.5. The quantitative estimate of drug-likeness (QED) is 0.239. The van der Waals surface area contributed by atoms with E-state index in [-0.39, 0.29) is 59.6 Å². The second-order valence-corrected chi connectivity index (χ2v) is 17.5. The molecule has 3 aromatic carbocycles. The Balaban J connectivity index is 0.880. The first-order valence-corrected chi connectivity index (χ1v) is 21.1. The molecule has 15 nitrogen and oxygen atoms in total. The van der Waals surface area contributed by atoms with Gasteiger partial charge in [0.25, 0.3) is 11.8 Å². The number of anilines is 2. The number of nitriles is 1. The molecule has 3 N–H and O–H groups in total. The molecule has 0 spiro atoms. The summed E-state index contributed by atoms with van der Waals surface area (Å²) in [5, 5.41) is 18.3. The van der Waals surface area contributed by atoms with Gasteiger partial charge in [0.1, 0.15) is 36.2 Å². The Bertz CT molecular complexity index is 2080. The Morgan fingerprint density at radius 3 is 2.30 bits per heavy atom. The lowest BCUT2D eigenvalue weighted by Crippen LogP contribution is -2.74. The van der Waals surface area contributed by atoms with Crippen LogP contribution in [0.25, 0.3) is 0 Å². The average Bonchev–Trinajstić information content (AvgIpc) is 3.26. The molecule has 0 bridgehead atoms. The van der Waals surface area contributed by atoms with Crippen LogP contribution in [0.1, 0.15) is 66.8 Å². The van der Waals surface area contributed by atoms with Gasteiger partial charge in [-0.1, -0.05) is 27.7 Å². The molecule has 4 aliphatic rings. The lowest BCUT2D eigenvalue weighted by Gasteiger charge is -2.63. The Morgan fingerprint density at radius 2 is 1.59 bits per heavy atom. The maximum Gasteiger partial charge on any atom is 0.255 e. The van der Waals surface area contributed by atoms with Crippen LogP contribution in [0.15, 0.2) is 60.7 Å². The number of ether oxygens (including phenoxy) is 5. The van der Waals surface area contributed by atoms with Gasteiger partial charge in [0.2, 0.25) is 5.91 Å². The van der Waals surface area contributed by atoms with Crippen LogP contribution in [0.5, 0.6) is 17.2 Å². The number of piperazine rings is 1. The van der Waals surface area contributed by atoms with E-state index >= 15 is 0 Å². The van der Waals surface area contributed by atoms with E-state index < -0.39 is 0 Å². The minimum Gasteiger partial charge on any atom is -0.496 e. The van der Waals surface area contributed by atoms with Crippen molar-refractivity contribution < 1.29 is 38.1 Å². The van der Waals surface area contributed by atoms with Crippen molar-refractivity contribution in [3.8, 4) is 23.3 Å². The van der Waals surface area contributed by atoms with Gasteiger partial charge >= 0.3 is 0 Å². The summed E-state index contributed by atoms with van der Waals surface area (Å²) in [6.07, 6.45) is 0.689. The van der Waals surface area contributed by atoms with E-state index in [0.29, 0.717) is 60.0 Å². The highest BCUT2D eigenvalue weighted by Gasteiger charge is 2.64.